The van der Waals surface area contributed by atoms with Crippen LogP contribution in [0.25, 0.3) is 22.2 Å². The van der Waals surface area contributed by atoms with Crippen LogP contribution in [0, 0.1) is 6.92 Å². The van der Waals surface area contributed by atoms with Gasteiger partial charge in [0.2, 0.25) is 5.95 Å². The number of likely N-dealkylation sites (tertiary alicyclic amines) is 2. The lowest BCUT2D eigenvalue weighted by Gasteiger charge is -2.37. The molecule has 45 heavy (non-hydrogen) atoms. The second-order valence-electron chi connectivity index (χ2n) is 12.6. The number of carbonyl (C=O) groups excluding carboxylic acids is 2. The summed E-state index contributed by atoms with van der Waals surface area (Å²) in [5.74, 6) is 0.478. The highest BCUT2D eigenvalue weighted by molar-refractivity contribution is 5.82. The summed E-state index contributed by atoms with van der Waals surface area (Å²) in [6.45, 7) is 10.8. The maximum atomic E-state index is 14.3. The molecule has 3 fully saturated rings. The van der Waals surface area contributed by atoms with E-state index in [9.17, 15) is 14.4 Å². The molecule has 0 aliphatic carbocycles. The van der Waals surface area contributed by atoms with Crippen LogP contribution in [0.5, 0.6) is 0 Å². The Kier molecular flexibility index (Phi) is 9.20. The quantitative estimate of drug-likeness (QED) is 0.446. The number of fused-ring (bicyclic) bond motifs is 1. The zero-order valence-corrected chi connectivity index (χ0v) is 26.5. The van der Waals surface area contributed by atoms with Crippen molar-refractivity contribution in [2.45, 2.75) is 64.6 Å². The summed E-state index contributed by atoms with van der Waals surface area (Å²) in [4.78, 5) is 55.1. The summed E-state index contributed by atoms with van der Waals surface area (Å²) in [5.41, 5.74) is 3.06. The largest absolute Gasteiger partial charge is 0.378 e. The molecule has 0 unspecified atom stereocenters. The van der Waals surface area contributed by atoms with Gasteiger partial charge in [-0.3, -0.25) is 9.36 Å². The second kappa shape index (κ2) is 13.4. The van der Waals surface area contributed by atoms with Crippen molar-refractivity contribution in [1.29, 1.82) is 0 Å². The number of piperidine rings is 2. The first kappa shape index (κ1) is 30.8. The van der Waals surface area contributed by atoms with E-state index in [1.165, 1.54) is 0 Å². The topological polar surface area (TPSA) is 125 Å². The van der Waals surface area contributed by atoms with E-state index in [-0.39, 0.29) is 35.7 Å². The van der Waals surface area contributed by atoms with Gasteiger partial charge in [-0.25, -0.2) is 14.6 Å². The minimum atomic E-state index is -0.107. The number of hydrogen-bond donors (Lipinski definition) is 2. The number of aromatic nitrogens is 3. The fourth-order valence-corrected chi connectivity index (χ4v) is 6.61. The smallest absolute Gasteiger partial charge is 0.320 e. The molecule has 2 N–H and O–H groups in total. The van der Waals surface area contributed by atoms with E-state index in [1.54, 1.807) is 6.20 Å². The van der Waals surface area contributed by atoms with Crippen LogP contribution in [-0.2, 0) is 4.74 Å². The summed E-state index contributed by atoms with van der Waals surface area (Å²) in [6, 6.07) is 9.91. The Morgan fingerprint density at radius 2 is 1.58 bits per heavy atom. The van der Waals surface area contributed by atoms with Crippen molar-refractivity contribution in [1.82, 2.24) is 34.6 Å². The Morgan fingerprint density at radius 3 is 2.27 bits per heavy atom. The number of morpholine rings is 1. The van der Waals surface area contributed by atoms with Crippen LogP contribution in [0.4, 0.5) is 15.5 Å². The Morgan fingerprint density at radius 1 is 0.911 bits per heavy atom. The minimum absolute atomic E-state index is 0.0627. The molecule has 0 spiro atoms. The normalized spacial score (nSPS) is 18.4. The first-order valence-electron chi connectivity index (χ1n) is 16.2. The summed E-state index contributed by atoms with van der Waals surface area (Å²) >= 11 is 0. The first-order valence-corrected chi connectivity index (χ1v) is 16.2. The van der Waals surface area contributed by atoms with E-state index in [4.69, 9.17) is 9.72 Å². The van der Waals surface area contributed by atoms with E-state index < -0.39 is 0 Å². The highest BCUT2D eigenvalue weighted by Crippen LogP contribution is 2.29. The molecule has 5 heterocycles. The predicted octanol–water partition coefficient (Wildman–Crippen LogP) is 3.85. The molecule has 3 saturated heterocycles. The van der Waals surface area contributed by atoms with Gasteiger partial charge < -0.3 is 30.1 Å². The Labute approximate surface area is 263 Å². The molecule has 240 valence electrons. The van der Waals surface area contributed by atoms with E-state index in [0.29, 0.717) is 82.5 Å². The van der Waals surface area contributed by atoms with Crippen LogP contribution in [0.1, 0.15) is 51.1 Å². The van der Waals surface area contributed by atoms with Gasteiger partial charge in [-0.2, -0.15) is 4.98 Å². The van der Waals surface area contributed by atoms with Crippen molar-refractivity contribution in [3.63, 3.8) is 0 Å². The number of carbonyl (C=O) groups is 2. The van der Waals surface area contributed by atoms with Gasteiger partial charge in [0.05, 0.1) is 13.2 Å². The SMILES string of the molecule is Cc1ccccc1-c1cc2cnc(NC3CCN(C(=O)N4CCOCC4)CC3)nc2n(C2CCN(C(=O)NC(C)C)CC2)c1=O. The second-order valence-corrected chi connectivity index (χ2v) is 12.6. The van der Waals surface area contributed by atoms with Gasteiger partial charge in [0.25, 0.3) is 5.56 Å². The van der Waals surface area contributed by atoms with Crippen LogP contribution in [0.3, 0.4) is 0 Å². The molecule has 0 bridgehead atoms. The minimum Gasteiger partial charge on any atom is -0.378 e. The van der Waals surface area contributed by atoms with Crippen LogP contribution >= 0.6 is 0 Å². The van der Waals surface area contributed by atoms with Gasteiger partial charge in [0.1, 0.15) is 5.65 Å². The zero-order chi connectivity index (χ0) is 31.5. The van der Waals surface area contributed by atoms with E-state index in [2.05, 4.69) is 15.6 Å². The number of anilines is 1. The third-order valence-electron chi connectivity index (χ3n) is 9.12. The van der Waals surface area contributed by atoms with Crippen LogP contribution in [0.2, 0.25) is 0 Å². The number of amides is 4. The number of pyridine rings is 1. The standard InChI is InChI=1S/C33H44N8O4/c1-22(2)35-32(43)38-14-10-26(11-15-38)41-29-24(20-28(30(41)42)27-7-5-4-6-23(27)3)21-34-31(37-29)36-25-8-12-39(13-9-25)33(44)40-16-18-45-19-17-40/h4-7,20-22,25-26H,8-19H2,1-3H3,(H,35,43)(H,34,36,37). The molecule has 0 radical (unpaired) electrons. The number of nitrogens with one attached hydrogen (secondary N) is 2. The highest BCUT2D eigenvalue weighted by Gasteiger charge is 2.29. The molecule has 12 nitrogen and oxygen atoms in total. The molecule has 12 heteroatoms. The summed E-state index contributed by atoms with van der Waals surface area (Å²) in [6.07, 6.45) is 4.67. The lowest BCUT2D eigenvalue weighted by molar-refractivity contribution is 0.0414. The molecule has 3 aliphatic rings. The molecule has 3 aromatic rings. The average molecular weight is 617 g/mol. The van der Waals surface area contributed by atoms with Gasteiger partial charge in [-0.1, -0.05) is 24.3 Å². The third kappa shape index (κ3) is 6.75. The van der Waals surface area contributed by atoms with Gasteiger partial charge >= 0.3 is 12.1 Å². The van der Waals surface area contributed by atoms with E-state index in [1.807, 2.05) is 70.4 Å². The molecule has 2 aromatic heterocycles. The van der Waals surface area contributed by atoms with Gasteiger partial charge in [0, 0.05) is 74.5 Å². The summed E-state index contributed by atoms with van der Waals surface area (Å²) < 4.78 is 7.23. The van der Waals surface area contributed by atoms with Crippen molar-refractivity contribution in [2.24, 2.45) is 0 Å². The van der Waals surface area contributed by atoms with Crippen molar-refractivity contribution >= 4 is 29.0 Å². The van der Waals surface area contributed by atoms with Crippen LogP contribution in [0.15, 0.2) is 41.3 Å². The van der Waals surface area contributed by atoms with Crippen LogP contribution in [-0.4, -0.2) is 106 Å². The van der Waals surface area contributed by atoms with Crippen molar-refractivity contribution in [2.75, 3.05) is 57.8 Å². The number of ether oxygens (including phenoxy) is 1. The van der Waals surface area contributed by atoms with Gasteiger partial charge in [-0.15, -0.1) is 0 Å². The van der Waals surface area contributed by atoms with Crippen molar-refractivity contribution < 1.29 is 14.3 Å². The van der Waals surface area contributed by atoms with Gasteiger partial charge in [-0.05, 0) is 63.6 Å². The monoisotopic (exact) mass is 616 g/mol. The number of rotatable bonds is 5. The fraction of sp³-hybridized carbons (Fsp3) is 0.545. The lowest BCUT2D eigenvalue weighted by atomic mass is 9.99. The molecular weight excluding hydrogens is 572 g/mol. The molecule has 4 amide bonds. The average Bonchev–Trinajstić information content (AvgIpc) is 3.05. The summed E-state index contributed by atoms with van der Waals surface area (Å²) in [5, 5.41) is 7.26. The molecule has 3 aliphatic heterocycles. The Bertz CT molecular complexity index is 1590. The molecule has 0 saturated carbocycles. The van der Waals surface area contributed by atoms with E-state index >= 15 is 0 Å². The number of aryl methyl sites for hydroxylation is 1. The molecule has 6 rings (SSSR count). The predicted molar refractivity (Wildman–Crippen MR) is 173 cm³/mol. The maximum absolute atomic E-state index is 14.3. The number of urea groups is 2. The number of hydrogen-bond acceptors (Lipinski definition) is 7. The molecule has 0 atom stereocenters. The highest BCUT2D eigenvalue weighted by atomic mass is 16.5. The Hall–Kier alpha value is -4.19. The molecular formula is C33H44N8O4. The first-order chi connectivity index (χ1) is 21.8. The van der Waals surface area contributed by atoms with Crippen molar-refractivity contribution in [3.8, 4) is 11.1 Å². The van der Waals surface area contributed by atoms with E-state index in [0.717, 1.165) is 29.4 Å². The van der Waals surface area contributed by atoms with Gasteiger partial charge in [0.15, 0.2) is 0 Å². The zero-order valence-electron chi connectivity index (χ0n) is 26.5. The number of benzene rings is 1. The van der Waals surface area contributed by atoms with Crippen molar-refractivity contribution in [3.05, 3.63) is 52.4 Å². The Balaban J connectivity index is 1.24. The van der Waals surface area contributed by atoms with Crippen LogP contribution < -0.4 is 16.2 Å². The maximum Gasteiger partial charge on any atom is 0.320 e. The third-order valence-corrected chi connectivity index (χ3v) is 9.12. The summed E-state index contributed by atoms with van der Waals surface area (Å²) in [7, 11) is 0. The number of nitrogens with zero attached hydrogens (tertiary/aromatic N) is 6. The lowest BCUT2D eigenvalue weighted by Crippen LogP contribution is -2.51. The fourth-order valence-electron chi connectivity index (χ4n) is 6.61. The molecule has 1 aromatic carbocycles.